The second-order valence-electron chi connectivity index (χ2n) is 3.81. The van der Waals surface area contributed by atoms with E-state index in [1.54, 1.807) is 0 Å². The molecule has 0 spiro atoms. The van der Waals surface area contributed by atoms with E-state index in [0.29, 0.717) is 0 Å². The van der Waals surface area contributed by atoms with Crippen LogP contribution in [-0.2, 0) is 5.41 Å². The molecule has 0 radical (unpaired) electrons. The van der Waals surface area contributed by atoms with Gasteiger partial charge in [0.1, 0.15) is 15.7 Å². The van der Waals surface area contributed by atoms with Crippen molar-refractivity contribution in [2.45, 2.75) is 18.0 Å². The van der Waals surface area contributed by atoms with Gasteiger partial charge in [0.25, 0.3) is 0 Å². The average Bonchev–Trinajstić information content (AvgIpc) is 2.64. The van der Waals surface area contributed by atoms with E-state index in [4.69, 9.17) is 23.2 Å². The molecule has 0 fully saturated rings. The molecule has 0 aromatic carbocycles. The first-order valence-electron chi connectivity index (χ1n) is 4.74. The van der Waals surface area contributed by atoms with Gasteiger partial charge in [-0.25, -0.2) is 4.98 Å². The summed E-state index contributed by atoms with van der Waals surface area (Å²) in [4.78, 5) is 7.33. The predicted octanol–water partition coefficient (Wildman–Crippen LogP) is 3.66. The van der Waals surface area contributed by atoms with Gasteiger partial charge in [-0.15, -0.1) is 0 Å². The van der Waals surface area contributed by atoms with E-state index in [0.717, 1.165) is 0 Å². The number of rotatable bonds is 1. The highest BCUT2D eigenvalue weighted by Gasteiger charge is 2.56. The number of aromatic nitrogens is 1. The van der Waals surface area contributed by atoms with Gasteiger partial charge < -0.3 is 0 Å². The normalized spacial score (nSPS) is 24.3. The molecule has 1 aliphatic heterocycles. The summed E-state index contributed by atoms with van der Waals surface area (Å²) in [6.07, 6.45) is -3.33. The molecule has 2 heterocycles. The second-order valence-corrected chi connectivity index (χ2v) is 4.58. The molecule has 2 nitrogen and oxygen atoms in total. The fourth-order valence-corrected chi connectivity index (χ4v) is 2.29. The molecule has 0 saturated carbocycles. The Morgan fingerprint density at radius 1 is 1.18 bits per heavy atom. The third kappa shape index (κ3) is 2.13. The van der Waals surface area contributed by atoms with Crippen LogP contribution in [0.5, 0.6) is 0 Å². The maximum absolute atomic E-state index is 13.2. The Hall–Kier alpha value is -0.810. The van der Waals surface area contributed by atoms with Crippen LogP contribution < -0.4 is 0 Å². The van der Waals surface area contributed by atoms with Crippen LogP contribution in [0.3, 0.4) is 0 Å². The first-order valence-corrected chi connectivity index (χ1v) is 5.49. The molecule has 92 valence electrons. The zero-order chi connectivity index (χ0) is 12.7. The molecule has 0 amide bonds. The van der Waals surface area contributed by atoms with Gasteiger partial charge in [-0.1, -0.05) is 23.2 Å². The van der Waals surface area contributed by atoms with Crippen LogP contribution in [0, 0.1) is 0 Å². The number of hydrogen-bond acceptors (Lipinski definition) is 2. The van der Waals surface area contributed by atoms with Gasteiger partial charge in [0.15, 0.2) is 0 Å². The van der Waals surface area contributed by atoms with Crippen molar-refractivity contribution in [1.29, 1.82) is 0 Å². The highest BCUT2D eigenvalue weighted by molar-refractivity contribution is 6.32. The molecule has 0 aliphatic carbocycles. The Morgan fingerprint density at radius 3 is 2.18 bits per heavy atom. The van der Waals surface area contributed by atoms with Gasteiger partial charge in [0, 0.05) is 12.6 Å². The number of alkyl halides is 3. The van der Waals surface area contributed by atoms with E-state index >= 15 is 0 Å². The minimum atomic E-state index is -4.41. The van der Waals surface area contributed by atoms with E-state index in [2.05, 4.69) is 9.98 Å². The average molecular weight is 283 g/mol. The van der Waals surface area contributed by atoms with E-state index < -0.39 is 11.6 Å². The number of halogens is 5. The van der Waals surface area contributed by atoms with Gasteiger partial charge >= 0.3 is 6.18 Å². The minimum absolute atomic E-state index is 0.00694. The lowest BCUT2D eigenvalue weighted by Gasteiger charge is -2.31. The topological polar surface area (TPSA) is 25.2 Å². The first-order chi connectivity index (χ1) is 7.85. The Kier molecular flexibility index (Phi) is 3.08. The Balaban J connectivity index is 2.54. The molecule has 0 N–H and O–H groups in total. The Bertz CT molecular complexity index is 443. The summed E-state index contributed by atoms with van der Waals surface area (Å²) in [5.41, 5.74) is -2.02. The summed E-state index contributed by atoms with van der Waals surface area (Å²) in [7, 11) is 0. The lowest BCUT2D eigenvalue weighted by Crippen LogP contribution is -2.43. The second kappa shape index (κ2) is 4.14. The lowest BCUT2D eigenvalue weighted by molar-refractivity contribution is -0.183. The zero-order valence-corrected chi connectivity index (χ0v) is 9.94. The van der Waals surface area contributed by atoms with E-state index in [1.807, 2.05) is 0 Å². The minimum Gasteiger partial charge on any atom is -0.296 e. The third-order valence-electron chi connectivity index (χ3n) is 2.79. The van der Waals surface area contributed by atoms with Gasteiger partial charge in [0.05, 0.1) is 6.54 Å². The molecule has 1 aromatic rings. The molecule has 1 atom stereocenters. The number of aliphatic imine (C=N–C) groups is 1. The number of hydrogen-bond donors (Lipinski definition) is 0. The standard InChI is InChI=1S/C10H7Cl2F3N2/c11-7-3-6(4-8(12)17-7)9(10(13,14)15)1-2-16-5-9/h2-4H,1,5H2. The van der Waals surface area contributed by atoms with Crippen LogP contribution in [0.15, 0.2) is 17.1 Å². The van der Waals surface area contributed by atoms with E-state index in [9.17, 15) is 13.2 Å². The quantitative estimate of drug-likeness (QED) is 0.722. The summed E-state index contributed by atoms with van der Waals surface area (Å²) < 4.78 is 39.5. The van der Waals surface area contributed by atoms with Crippen molar-refractivity contribution in [3.05, 3.63) is 28.0 Å². The molecule has 2 rings (SSSR count). The molecular weight excluding hydrogens is 276 g/mol. The number of nitrogens with zero attached hydrogens (tertiary/aromatic N) is 2. The van der Waals surface area contributed by atoms with Crippen molar-refractivity contribution in [3.8, 4) is 0 Å². The zero-order valence-electron chi connectivity index (χ0n) is 8.43. The highest BCUT2D eigenvalue weighted by Crippen LogP contribution is 2.46. The molecule has 0 saturated heterocycles. The van der Waals surface area contributed by atoms with Crippen molar-refractivity contribution in [2.75, 3.05) is 6.54 Å². The fraction of sp³-hybridized carbons (Fsp3) is 0.400. The molecule has 1 aliphatic rings. The summed E-state index contributed by atoms with van der Waals surface area (Å²) in [5.74, 6) is 0. The van der Waals surface area contributed by atoms with Crippen LogP contribution >= 0.6 is 23.2 Å². The lowest BCUT2D eigenvalue weighted by atomic mass is 9.79. The third-order valence-corrected chi connectivity index (χ3v) is 3.18. The van der Waals surface area contributed by atoms with Crippen molar-refractivity contribution in [1.82, 2.24) is 4.98 Å². The van der Waals surface area contributed by atoms with Crippen molar-refractivity contribution in [3.63, 3.8) is 0 Å². The monoisotopic (exact) mass is 282 g/mol. The summed E-state index contributed by atoms with van der Waals surface area (Å²) in [6, 6.07) is 2.38. The van der Waals surface area contributed by atoms with Gasteiger partial charge in [-0.05, 0) is 17.7 Å². The van der Waals surface area contributed by atoms with Gasteiger partial charge in [-0.2, -0.15) is 13.2 Å². The van der Waals surface area contributed by atoms with E-state index in [1.165, 1.54) is 18.3 Å². The molecule has 0 bridgehead atoms. The van der Waals surface area contributed by atoms with Crippen LogP contribution in [0.25, 0.3) is 0 Å². The molecule has 17 heavy (non-hydrogen) atoms. The summed E-state index contributed by atoms with van der Waals surface area (Å²) in [5, 5.41) is -0.106. The maximum Gasteiger partial charge on any atom is 0.400 e. The summed E-state index contributed by atoms with van der Waals surface area (Å²) >= 11 is 11.3. The largest absolute Gasteiger partial charge is 0.400 e. The maximum atomic E-state index is 13.2. The smallest absolute Gasteiger partial charge is 0.296 e. The molecule has 1 aromatic heterocycles. The first kappa shape index (κ1) is 12.6. The Morgan fingerprint density at radius 2 is 1.76 bits per heavy atom. The molecular formula is C10H7Cl2F3N2. The van der Waals surface area contributed by atoms with Crippen LogP contribution in [0.1, 0.15) is 12.0 Å². The van der Waals surface area contributed by atoms with Crippen molar-refractivity contribution < 1.29 is 13.2 Å². The van der Waals surface area contributed by atoms with E-state index in [-0.39, 0.29) is 28.8 Å². The van der Waals surface area contributed by atoms with Gasteiger partial charge in [0.2, 0.25) is 0 Å². The van der Waals surface area contributed by atoms with Crippen LogP contribution in [0.2, 0.25) is 10.3 Å². The Labute approximate surface area is 105 Å². The van der Waals surface area contributed by atoms with Gasteiger partial charge in [-0.3, -0.25) is 4.99 Å². The SMILES string of the molecule is FC(F)(F)C1(c2cc(Cl)nc(Cl)c2)CC=NC1. The highest BCUT2D eigenvalue weighted by atomic mass is 35.5. The predicted molar refractivity (Wildman–Crippen MR) is 60.0 cm³/mol. The van der Waals surface area contributed by atoms with Crippen LogP contribution in [0.4, 0.5) is 13.2 Å². The fourth-order valence-electron chi connectivity index (χ4n) is 1.82. The summed E-state index contributed by atoms with van der Waals surface area (Å²) in [6.45, 7) is -0.340. The van der Waals surface area contributed by atoms with Crippen molar-refractivity contribution in [2.24, 2.45) is 4.99 Å². The van der Waals surface area contributed by atoms with Crippen LogP contribution in [-0.4, -0.2) is 23.9 Å². The van der Waals surface area contributed by atoms with Crippen molar-refractivity contribution >= 4 is 29.4 Å². The molecule has 1 unspecified atom stereocenters. The number of pyridine rings is 1. The molecule has 7 heteroatoms.